The quantitative estimate of drug-likeness (QED) is 0.372. The molecular weight excluding hydrogens is 142 g/mol. The van der Waals surface area contributed by atoms with E-state index >= 15 is 0 Å². The molecule has 0 unspecified atom stereocenters. The summed E-state index contributed by atoms with van der Waals surface area (Å²) in [5.74, 6) is 4.42. The molecule has 3 heteroatoms. The van der Waals surface area contributed by atoms with Crippen LogP contribution in [0.15, 0.2) is 24.3 Å². The summed E-state index contributed by atoms with van der Waals surface area (Å²) in [6.45, 7) is 6.81. The summed E-state index contributed by atoms with van der Waals surface area (Å²) < 4.78 is 0. The van der Waals surface area contributed by atoms with Crippen LogP contribution in [0, 0.1) is 0 Å². The zero-order chi connectivity index (χ0) is 9.28. The van der Waals surface area contributed by atoms with Gasteiger partial charge in [-0.1, -0.05) is 18.7 Å². The summed E-state index contributed by atoms with van der Waals surface area (Å²) >= 11 is 0. The monoisotopic (exact) mass is 157 g/mol. The summed E-state index contributed by atoms with van der Waals surface area (Å²) in [6, 6.07) is 0. The second-order valence-corrected chi connectivity index (χ2v) is 1.74. The number of ketones is 1. The number of allylic oxidation sites excluding steroid dienone is 3. The van der Waals surface area contributed by atoms with Crippen LogP contribution in [0.2, 0.25) is 0 Å². The molecule has 64 valence electrons. The molecule has 2 N–H and O–H groups in total. The fourth-order valence-electron chi connectivity index (χ4n) is 0.465. The van der Waals surface area contributed by atoms with E-state index in [1.54, 1.807) is 12.2 Å². The normalized spacial score (nSPS) is 9.64. The van der Waals surface area contributed by atoms with E-state index in [2.05, 4.69) is 17.3 Å². The van der Waals surface area contributed by atoms with E-state index in [0.717, 1.165) is 0 Å². The minimum atomic E-state index is 0.0718. The highest BCUT2D eigenvalue weighted by Crippen LogP contribution is 1.94. The summed E-state index contributed by atoms with van der Waals surface area (Å²) in [7, 11) is 1.40. The molecule has 0 bridgehead atoms. The molecule has 0 aromatic heterocycles. The van der Waals surface area contributed by atoms with Crippen molar-refractivity contribution in [3.05, 3.63) is 24.3 Å². The van der Waals surface area contributed by atoms with Gasteiger partial charge in [-0.2, -0.15) is 0 Å². The maximum atomic E-state index is 10.5. The molecule has 0 aromatic rings. The lowest BCUT2D eigenvalue weighted by Crippen LogP contribution is -1.90. The first-order valence-electron chi connectivity index (χ1n) is 3.16. The third-order valence-electron chi connectivity index (χ3n) is 0.937. The molecule has 0 rings (SSSR count). The highest BCUT2D eigenvalue weighted by molar-refractivity contribution is 5.95. The van der Waals surface area contributed by atoms with Crippen molar-refractivity contribution in [3.63, 3.8) is 0 Å². The van der Waals surface area contributed by atoms with Crippen molar-refractivity contribution in [3.8, 4) is 0 Å². The smallest absolute Gasteiger partial charge is 0.159 e. The highest BCUT2D eigenvalue weighted by Gasteiger charge is 1.92. The second kappa shape index (κ2) is 9.07. The van der Waals surface area contributed by atoms with Crippen LogP contribution < -0.4 is 5.90 Å². The van der Waals surface area contributed by atoms with Gasteiger partial charge in [-0.15, -0.1) is 0 Å². The third kappa shape index (κ3) is 9.07. The van der Waals surface area contributed by atoms with Crippen molar-refractivity contribution >= 4 is 5.78 Å². The largest absolute Gasteiger partial charge is 0.308 e. The number of hydrogen-bond acceptors (Lipinski definition) is 3. The molecule has 0 fully saturated rings. The van der Waals surface area contributed by atoms with Crippen LogP contribution in [0.5, 0.6) is 0 Å². The molecule has 0 atom stereocenters. The molecule has 0 aliphatic carbocycles. The number of Topliss-reactive ketones (excluding diaryl/α,β-unsaturated/α-hetero) is 1. The Balaban J connectivity index is 0. The molecule has 0 aliphatic rings. The van der Waals surface area contributed by atoms with Crippen LogP contribution in [-0.2, 0) is 9.63 Å². The SMILES string of the molecule is C=C/C(=C\C)C(C)=O.CON. The molecule has 0 aromatic carbocycles. The Morgan fingerprint density at radius 3 is 2.00 bits per heavy atom. The van der Waals surface area contributed by atoms with Gasteiger partial charge in [0.1, 0.15) is 0 Å². The molecule has 0 saturated heterocycles. The van der Waals surface area contributed by atoms with Crippen molar-refractivity contribution in [2.45, 2.75) is 13.8 Å². The number of hydrogen-bond donors (Lipinski definition) is 1. The fourth-order valence-corrected chi connectivity index (χ4v) is 0.465. The highest BCUT2D eigenvalue weighted by atomic mass is 16.6. The Morgan fingerprint density at radius 2 is 2.00 bits per heavy atom. The Kier molecular flexibility index (Phi) is 10.5. The molecular formula is C8H15NO2. The van der Waals surface area contributed by atoms with Crippen molar-refractivity contribution < 1.29 is 9.63 Å². The Hall–Kier alpha value is -0.930. The van der Waals surface area contributed by atoms with Gasteiger partial charge in [0.25, 0.3) is 0 Å². The maximum absolute atomic E-state index is 10.5. The average molecular weight is 157 g/mol. The average Bonchev–Trinajstić information content (AvgIpc) is 1.91. The van der Waals surface area contributed by atoms with E-state index in [9.17, 15) is 4.79 Å². The first-order chi connectivity index (χ1) is 5.13. The van der Waals surface area contributed by atoms with Gasteiger partial charge in [-0.3, -0.25) is 4.79 Å². The molecule has 3 nitrogen and oxygen atoms in total. The number of rotatable bonds is 2. The van der Waals surface area contributed by atoms with Gasteiger partial charge in [0, 0.05) is 5.57 Å². The van der Waals surface area contributed by atoms with Gasteiger partial charge in [0.15, 0.2) is 5.78 Å². The standard InChI is InChI=1S/C7H10O.CH5NO/c1-4-7(5-2)6(3)8;1-3-2/h4-5H,1H2,2-3H3;2H2,1H3/b7-5+;. The van der Waals surface area contributed by atoms with Crippen LogP contribution in [0.3, 0.4) is 0 Å². The second-order valence-electron chi connectivity index (χ2n) is 1.74. The summed E-state index contributed by atoms with van der Waals surface area (Å²) in [6.07, 6.45) is 3.30. The molecule has 0 saturated carbocycles. The van der Waals surface area contributed by atoms with Gasteiger partial charge in [-0.25, -0.2) is 5.90 Å². The van der Waals surface area contributed by atoms with Gasteiger partial charge >= 0.3 is 0 Å². The van der Waals surface area contributed by atoms with Crippen molar-refractivity contribution in [1.29, 1.82) is 0 Å². The van der Waals surface area contributed by atoms with Crippen molar-refractivity contribution in [2.24, 2.45) is 5.90 Å². The van der Waals surface area contributed by atoms with Crippen LogP contribution in [0.1, 0.15) is 13.8 Å². The van der Waals surface area contributed by atoms with E-state index in [4.69, 9.17) is 0 Å². The lowest BCUT2D eigenvalue weighted by atomic mass is 10.2. The molecule has 0 amide bonds. The summed E-state index contributed by atoms with van der Waals surface area (Å²) in [5.41, 5.74) is 0.685. The van der Waals surface area contributed by atoms with Crippen molar-refractivity contribution in [1.82, 2.24) is 0 Å². The first kappa shape index (κ1) is 12.7. The lowest BCUT2D eigenvalue weighted by Gasteiger charge is -1.88. The fraction of sp³-hybridized carbons (Fsp3) is 0.375. The lowest BCUT2D eigenvalue weighted by molar-refractivity contribution is -0.113. The molecule has 0 heterocycles. The van der Waals surface area contributed by atoms with E-state index < -0.39 is 0 Å². The Morgan fingerprint density at radius 1 is 1.64 bits per heavy atom. The van der Waals surface area contributed by atoms with E-state index in [1.165, 1.54) is 14.0 Å². The van der Waals surface area contributed by atoms with Gasteiger partial charge in [0.05, 0.1) is 7.11 Å². The summed E-state index contributed by atoms with van der Waals surface area (Å²) in [4.78, 5) is 14.2. The third-order valence-corrected chi connectivity index (χ3v) is 0.937. The number of nitrogens with two attached hydrogens (primary N) is 1. The van der Waals surface area contributed by atoms with Crippen LogP contribution in [0.25, 0.3) is 0 Å². The minimum absolute atomic E-state index is 0.0718. The topological polar surface area (TPSA) is 52.3 Å². The predicted molar refractivity (Wildman–Crippen MR) is 45.8 cm³/mol. The number of carbonyl (C=O) groups is 1. The van der Waals surface area contributed by atoms with E-state index in [-0.39, 0.29) is 5.78 Å². The number of carbonyl (C=O) groups excluding carboxylic acids is 1. The Bertz CT molecular complexity index is 150. The van der Waals surface area contributed by atoms with Crippen molar-refractivity contribution in [2.75, 3.05) is 7.11 Å². The van der Waals surface area contributed by atoms with Gasteiger partial charge < -0.3 is 4.84 Å². The Labute approximate surface area is 67.5 Å². The predicted octanol–water partition coefficient (Wildman–Crippen LogP) is 1.21. The zero-order valence-corrected chi connectivity index (χ0v) is 7.26. The molecule has 0 spiro atoms. The van der Waals surface area contributed by atoms with E-state index in [1.807, 2.05) is 6.92 Å². The molecule has 0 radical (unpaired) electrons. The maximum Gasteiger partial charge on any atom is 0.159 e. The zero-order valence-electron chi connectivity index (χ0n) is 7.26. The van der Waals surface area contributed by atoms with Crippen LogP contribution in [-0.4, -0.2) is 12.9 Å². The van der Waals surface area contributed by atoms with Crippen LogP contribution >= 0.6 is 0 Å². The molecule has 0 aliphatic heterocycles. The first-order valence-corrected chi connectivity index (χ1v) is 3.16. The van der Waals surface area contributed by atoms with Gasteiger partial charge in [0.2, 0.25) is 0 Å². The van der Waals surface area contributed by atoms with Crippen LogP contribution in [0.4, 0.5) is 0 Å². The minimum Gasteiger partial charge on any atom is -0.308 e. The summed E-state index contributed by atoms with van der Waals surface area (Å²) in [5, 5.41) is 0. The molecule has 11 heavy (non-hydrogen) atoms. The van der Waals surface area contributed by atoms with Gasteiger partial charge in [-0.05, 0) is 13.8 Å². The van der Waals surface area contributed by atoms with E-state index in [0.29, 0.717) is 5.57 Å².